The highest BCUT2D eigenvalue weighted by Crippen LogP contribution is 2.07. The van der Waals surface area contributed by atoms with Gasteiger partial charge in [-0.2, -0.15) is 0 Å². The summed E-state index contributed by atoms with van der Waals surface area (Å²) in [6.45, 7) is 2.53. The van der Waals surface area contributed by atoms with Gasteiger partial charge in [-0.3, -0.25) is 9.10 Å². The van der Waals surface area contributed by atoms with E-state index in [1.807, 2.05) is 6.92 Å². The van der Waals surface area contributed by atoms with Gasteiger partial charge in [-0.05, 0) is 6.42 Å². The van der Waals surface area contributed by atoms with Crippen molar-refractivity contribution < 1.29 is 9.00 Å². The maximum absolute atomic E-state index is 10.9. The third kappa shape index (κ3) is 1.26. The SMILES string of the molecule is CCCN1C(=O)C=CS1=O. The average molecular weight is 159 g/mol. The van der Waals surface area contributed by atoms with Gasteiger partial charge in [-0.25, -0.2) is 4.21 Å². The third-order valence-corrected chi connectivity index (χ3v) is 2.38. The van der Waals surface area contributed by atoms with E-state index in [1.54, 1.807) is 0 Å². The van der Waals surface area contributed by atoms with Crippen LogP contribution in [0, 0.1) is 0 Å². The van der Waals surface area contributed by atoms with E-state index in [0.717, 1.165) is 6.42 Å². The average Bonchev–Trinajstić information content (AvgIpc) is 2.20. The number of hydrogen-bond donors (Lipinski definition) is 0. The van der Waals surface area contributed by atoms with Crippen molar-refractivity contribution in [1.82, 2.24) is 4.31 Å². The molecule has 4 heteroatoms. The van der Waals surface area contributed by atoms with Gasteiger partial charge in [0.1, 0.15) is 11.0 Å². The minimum Gasteiger partial charge on any atom is -0.269 e. The van der Waals surface area contributed by atoms with Crippen molar-refractivity contribution in [1.29, 1.82) is 0 Å². The first kappa shape index (κ1) is 7.47. The van der Waals surface area contributed by atoms with E-state index in [2.05, 4.69) is 0 Å². The van der Waals surface area contributed by atoms with Gasteiger partial charge in [-0.15, -0.1) is 0 Å². The van der Waals surface area contributed by atoms with E-state index in [0.29, 0.717) is 6.54 Å². The Balaban J connectivity index is 2.60. The molecule has 0 fully saturated rings. The second-order valence-corrected chi connectivity index (χ2v) is 3.28. The van der Waals surface area contributed by atoms with Crippen molar-refractivity contribution in [2.75, 3.05) is 6.54 Å². The molecule has 1 amide bonds. The first-order valence-electron chi connectivity index (χ1n) is 3.16. The molecule has 56 valence electrons. The molecule has 0 aromatic heterocycles. The monoisotopic (exact) mass is 159 g/mol. The Morgan fingerprint density at radius 2 is 2.40 bits per heavy atom. The van der Waals surface area contributed by atoms with Crippen LogP contribution in [0.25, 0.3) is 0 Å². The summed E-state index contributed by atoms with van der Waals surface area (Å²) in [5, 5.41) is 1.41. The largest absolute Gasteiger partial charge is 0.269 e. The summed E-state index contributed by atoms with van der Waals surface area (Å²) in [5.41, 5.74) is 0. The minimum atomic E-state index is -1.19. The Hall–Kier alpha value is -0.640. The van der Waals surface area contributed by atoms with Gasteiger partial charge in [0.25, 0.3) is 5.91 Å². The van der Waals surface area contributed by atoms with Crippen LogP contribution in [0.4, 0.5) is 0 Å². The fourth-order valence-corrected chi connectivity index (χ4v) is 1.75. The highest BCUT2D eigenvalue weighted by Gasteiger charge is 2.20. The number of nitrogens with zero attached hydrogens (tertiary/aromatic N) is 1. The Morgan fingerprint density at radius 3 is 2.80 bits per heavy atom. The fourth-order valence-electron chi connectivity index (χ4n) is 0.765. The Bertz CT molecular complexity index is 182. The van der Waals surface area contributed by atoms with Crippen molar-refractivity contribution in [3.63, 3.8) is 0 Å². The molecule has 0 N–H and O–H groups in total. The topological polar surface area (TPSA) is 37.4 Å². The zero-order valence-electron chi connectivity index (χ0n) is 5.74. The van der Waals surface area contributed by atoms with E-state index in [-0.39, 0.29) is 5.91 Å². The standard InChI is InChI=1S/C6H9NO2S/c1-2-4-7-6(8)3-5-10(7)9/h3,5H,2,4H2,1H3. The van der Waals surface area contributed by atoms with Crippen LogP contribution in [0.1, 0.15) is 13.3 Å². The molecule has 0 aromatic carbocycles. The van der Waals surface area contributed by atoms with Gasteiger partial charge >= 0.3 is 0 Å². The molecule has 0 radical (unpaired) electrons. The van der Waals surface area contributed by atoms with Crippen molar-refractivity contribution in [2.45, 2.75) is 13.3 Å². The molecule has 1 aliphatic heterocycles. The van der Waals surface area contributed by atoms with Crippen LogP contribution in [0.15, 0.2) is 11.5 Å². The second-order valence-electron chi connectivity index (χ2n) is 2.02. The molecule has 1 rings (SSSR count). The number of hydrogen-bond acceptors (Lipinski definition) is 2. The van der Waals surface area contributed by atoms with E-state index < -0.39 is 11.0 Å². The van der Waals surface area contributed by atoms with Crippen LogP contribution in [0.2, 0.25) is 0 Å². The van der Waals surface area contributed by atoms with E-state index in [4.69, 9.17) is 0 Å². The predicted molar refractivity (Wildman–Crippen MR) is 39.3 cm³/mol. The highest BCUT2D eigenvalue weighted by molar-refractivity contribution is 7.86. The van der Waals surface area contributed by atoms with Crippen LogP contribution >= 0.6 is 0 Å². The predicted octanol–water partition coefficient (Wildman–Crippen LogP) is 0.416. The quantitative estimate of drug-likeness (QED) is 0.585. The Kier molecular flexibility index (Phi) is 2.21. The molecule has 0 saturated heterocycles. The molecule has 0 aliphatic carbocycles. The Morgan fingerprint density at radius 1 is 1.70 bits per heavy atom. The number of carbonyl (C=O) groups excluding carboxylic acids is 1. The van der Waals surface area contributed by atoms with Crippen molar-refractivity contribution in [2.24, 2.45) is 0 Å². The summed E-state index contributed by atoms with van der Waals surface area (Å²) in [6.07, 6.45) is 2.20. The summed E-state index contributed by atoms with van der Waals surface area (Å²) in [4.78, 5) is 10.8. The first-order chi connectivity index (χ1) is 4.75. The molecular weight excluding hydrogens is 150 g/mol. The zero-order chi connectivity index (χ0) is 7.56. The lowest BCUT2D eigenvalue weighted by Gasteiger charge is -2.10. The van der Waals surface area contributed by atoms with Gasteiger partial charge in [0.05, 0.1) is 0 Å². The summed E-state index contributed by atoms with van der Waals surface area (Å²) in [7, 11) is -1.19. The van der Waals surface area contributed by atoms with Crippen molar-refractivity contribution in [3.8, 4) is 0 Å². The maximum Gasteiger partial charge on any atom is 0.259 e. The van der Waals surface area contributed by atoms with Crippen LogP contribution in [0.3, 0.4) is 0 Å². The van der Waals surface area contributed by atoms with Gasteiger partial charge in [0, 0.05) is 18.0 Å². The van der Waals surface area contributed by atoms with Gasteiger partial charge < -0.3 is 0 Å². The third-order valence-electron chi connectivity index (χ3n) is 1.22. The van der Waals surface area contributed by atoms with Gasteiger partial charge in [-0.1, -0.05) is 6.92 Å². The van der Waals surface area contributed by atoms with Crippen LogP contribution < -0.4 is 0 Å². The van der Waals surface area contributed by atoms with Crippen molar-refractivity contribution in [3.05, 3.63) is 11.5 Å². The molecule has 1 unspecified atom stereocenters. The Labute approximate surface area is 62.3 Å². The summed E-state index contributed by atoms with van der Waals surface area (Å²) < 4.78 is 12.3. The number of carbonyl (C=O) groups is 1. The summed E-state index contributed by atoms with van der Waals surface area (Å²) in [5.74, 6) is -0.139. The molecular formula is C6H9NO2S. The molecule has 0 aromatic rings. The number of rotatable bonds is 2. The molecule has 0 bridgehead atoms. The second kappa shape index (κ2) is 2.96. The molecule has 0 saturated carbocycles. The molecule has 3 nitrogen and oxygen atoms in total. The normalized spacial score (nSPS) is 24.3. The molecule has 10 heavy (non-hydrogen) atoms. The first-order valence-corrected chi connectivity index (χ1v) is 4.33. The van der Waals surface area contributed by atoms with Crippen LogP contribution in [0.5, 0.6) is 0 Å². The van der Waals surface area contributed by atoms with Crippen LogP contribution in [-0.4, -0.2) is 21.0 Å². The molecule has 1 aliphatic rings. The summed E-state index contributed by atoms with van der Waals surface area (Å²) >= 11 is 0. The lowest BCUT2D eigenvalue weighted by molar-refractivity contribution is -0.121. The lowest BCUT2D eigenvalue weighted by atomic mass is 10.4. The van der Waals surface area contributed by atoms with Crippen molar-refractivity contribution >= 4 is 16.9 Å². The maximum atomic E-state index is 10.9. The number of amides is 1. The van der Waals surface area contributed by atoms with E-state index in [9.17, 15) is 9.00 Å². The van der Waals surface area contributed by atoms with Gasteiger partial charge in [0.15, 0.2) is 0 Å². The van der Waals surface area contributed by atoms with E-state index >= 15 is 0 Å². The molecule has 0 spiro atoms. The highest BCUT2D eigenvalue weighted by atomic mass is 32.2. The smallest absolute Gasteiger partial charge is 0.259 e. The fraction of sp³-hybridized carbons (Fsp3) is 0.500. The van der Waals surface area contributed by atoms with E-state index in [1.165, 1.54) is 15.8 Å². The molecule has 1 atom stereocenters. The minimum absolute atomic E-state index is 0.139. The zero-order valence-corrected chi connectivity index (χ0v) is 6.56. The van der Waals surface area contributed by atoms with Gasteiger partial charge in [0.2, 0.25) is 0 Å². The molecule has 1 heterocycles. The lowest BCUT2D eigenvalue weighted by Crippen LogP contribution is -2.26. The summed E-state index contributed by atoms with van der Waals surface area (Å²) in [6, 6.07) is 0. The van der Waals surface area contributed by atoms with Crippen LogP contribution in [-0.2, 0) is 15.8 Å².